The maximum Gasteiger partial charge on any atom is 0.311 e. The van der Waals surface area contributed by atoms with Crippen LogP contribution < -0.4 is 0 Å². The fraction of sp³-hybridized carbons (Fsp3) is 0.750. The van der Waals surface area contributed by atoms with Crippen LogP contribution in [-0.2, 0) is 23.9 Å². The van der Waals surface area contributed by atoms with Gasteiger partial charge in [0.15, 0.2) is 0 Å². The maximum atomic E-state index is 14.5. The molecule has 0 radical (unpaired) electrons. The summed E-state index contributed by atoms with van der Waals surface area (Å²) in [4.78, 5) is 47.8. The van der Waals surface area contributed by atoms with Crippen molar-refractivity contribution in [2.24, 2.45) is 17.8 Å². The van der Waals surface area contributed by atoms with Crippen molar-refractivity contribution in [3.63, 3.8) is 0 Å². The van der Waals surface area contributed by atoms with Crippen LogP contribution in [0.2, 0.25) is 0 Å². The Hall–Kier alpha value is -1.88. The Morgan fingerprint density at radius 1 is 1.26 bits per heavy atom. The van der Waals surface area contributed by atoms with Gasteiger partial charge in [-0.3, -0.25) is 19.3 Å². The van der Waals surface area contributed by atoms with Gasteiger partial charge in [-0.15, -0.1) is 18.3 Å². The van der Waals surface area contributed by atoms with Gasteiger partial charge in [0.05, 0.1) is 42.4 Å². The van der Waals surface area contributed by atoms with Gasteiger partial charge >= 0.3 is 5.97 Å². The molecule has 4 rings (SSSR count). The molecular weight excluding hydrogens is 506 g/mol. The molecule has 4 heterocycles. The number of rotatable bonds is 12. The SMILES string of the molecule is C=CCOC(=O)[C@@H]1[C@H]2C(=O)N([C@@H](CO)C(C)C)C(C(=O)N(CC=C)CCN3CCOCC3)C23CC[C@@]1(C)S3. The number of thioether (sulfide) groups is 1. The number of esters is 1. The van der Waals surface area contributed by atoms with Gasteiger partial charge in [-0.25, -0.2) is 0 Å². The number of aliphatic hydroxyl groups excluding tert-OH is 1. The summed E-state index contributed by atoms with van der Waals surface area (Å²) >= 11 is 1.62. The molecule has 212 valence electrons. The van der Waals surface area contributed by atoms with E-state index in [0.717, 1.165) is 13.1 Å². The molecule has 2 unspecified atom stereocenters. The zero-order valence-electron chi connectivity index (χ0n) is 23.0. The van der Waals surface area contributed by atoms with Crippen molar-refractivity contribution in [2.45, 2.75) is 55.2 Å². The molecule has 4 fully saturated rings. The number of hydrogen-bond donors (Lipinski definition) is 1. The van der Waals surface area contributed by atoms with Crippen LogP contribution in [0.5, 0.6) is 0 Å². The zero-order valence-corrected chi connectivity index (χ0v) is 23.8. The van der Waals surface area contributed by atoms with Gasteiger partial charge in [0.2, 0.25) is 11.8 Å². The predicted octanol–water partition coefficient (Wildman–Crippen LogP) is 1.56. The van der Waals surface area contributed by atoms with E-state index in [0.29, 0.717) is 45.7 Å². The van der Waals surface area contributed by atoms with Crippen LogP contribution in [0, 0.1) is 17.8 Å². The Kier molecular flexibility index (Phi) is 8.96. The van der Waals surface area contributed by atoms with E-state index in [9.17, 15) is 19.5 Å². The molecule has 1 N–H and O–H groups in total. The molecule has 4 aliphatic rings. The molecule has 0 aromatic carbocycles. The quantitative estimate of drug-likeness (QED) is 0.289. The van der Waals surface area contributed by atoms with Crippen LogP contribution >= 0.6 is 11.8 Å². The molecule has 9 nitrogen and oxygen atoms in total. The molecule has 4 aliphatic heterocycles. The summed E-state index contributed by atoms with van der Waals surface area (Å²) in [5, 5.41) is 10.4. The highest BCUT2D eigenvalue weighted by atomic mass is 32.2. The highest BCUT2D eigenvalue weighted by Crippen LogP contribution is 2.71. The topological polar surface area (TPSA) is 99.6 Å². The van der Waals surface area contributed by atoms with E-state index in [1.165, 1.54) is 6.08 Å². The van der Waals surface area contributed by atoms with E-state index >= 15 is 0 Å². The molecule has 1 spiro atoms. The van der Waals surface area contributed by atoms with E-state index in [2.05, 4.69) is 18.1 Å². The van der Waals surface area contributed by atoms with Crippen LogP contribution in [0.25, 0.3) is 0 Å². The third-order valence-electron chi connectivity index (χ3n) is 8.81. The predicted molar refractivity (Wildman–Crippen MR) is 146 cm³/mol. The van der Waals surface area contributed by atoms with Crippen LogP contribution in [-0.4, -0.2) is 118 Å². The number of morpholine rings is 1. The summed E-state index contributed by atoms with van der Waals surface area (Å²) in [7, 11) is 0. The lowest BCUT2D eigenvalue weighted by atomic mass is 9.66. The monoisotopic (exact) mass is 549 g/mol. The first kappa shape index (κ1) is 29.1. The average Bonchev–Trinajstić information content (AvgIpc) is 3.46. The number of carbonyl (C=O) groups excluding carboxylic acids is 3. The molecule has 2 bridgehead atoms. The number of fused-ring (bicyclic) bond motifs is 1. The summed E-state index contributed by atoms with van der Waals surface area (Å²) in [5.41, 5.74) is 0. The van der Waals surface area contributed by atoms with Crippen LogP contribution in [0.4, 0.5) is 0 Å². The summed E-state index contributed by atoms with van der Waals surface area (Å²) in [6.07, 6.45) is 4.61. The lowest BCUT2D eigenvalue weighted by molar-refractivity contribution is -0.155. The van der Waals surface area contributed by atoms with Gasteiger partial charge in [-0.1, -0.05) is 32.6 Å². The van der Waals surface area contributed by atoms with Gasteiger partial charge < -0.3 is 24.4 Å². The van der Waals surface area contributed by atoms with Gasteiger partial charge in [0, 0.05) is 37.5 Å². The summed E-state index contributed by atoms with van der Waals surface area (Å²) in [5.74, 6) is -2.16. The number of nitrogens with zero attached hydrogens (tertiary/aromatic N) is 3. The number of hydrogen-bond acceptors (Lipinski definition) is 8. The van der Waals surface area contributed by atoms with E-state index in [-0.39, 0.29) is 30.9 Å². The minimum Gasteiger partial charge on any atom is -0.461 e. The number of aliphatic hydroxyl groups is 1. The van der Waals surface area contributed by atoms with E-state index < -0.39 is 39.4 Å². The Bertz CT molecular complexity index is 940. The molecule has 0 aliphatic carbocycles. The first-order valence-corrected chi connectivity index (χ1v) is 14.6. The van der Waals surface area contributed by atoms with Crippen molar-refractivity contribution in [1.82, 2.24) is 14.7 Å². The minimum absolute atomic E-state index is 0.0698. The van der Waals surface area contributed by atoms with Gasteiger partial charge in [-0.05, 0) is 25.7 Å². The van der Waals surface area contributed by atoms with E-state index in [1.807, 2.05) is 20.8 Å². The van der Waals surface area contributed by atoms with Crippen molar-refractivity contribution in [3.05, 3.63) is 25.3 Å². The summed E-state index contributed by atoms with van der Waals surface area (Å²) < 4.78 is 9.71. The lowest BCUT2D eigenvalue weighted by Gasteiger charge is -2.41. The second-order valence-electron chi connectivity index (χ2n) is 11.4. The Labute approximate surface area is 230 Å². The first-order chi connectivity index (χ1) is 18.1. The van der Waals surface area contributed by atoms with Crippen molar-refractivity contribution < 1.29 is 29.0 Å². The summed E-state index contributed by atoms with van der Waals surface area (Å²) in [6.45, 7) is 17.8. The average molecular weight is 550 g/mol. The fourth-order valence-corrected chi connectivity index (χ4v) is 9.24. The minimum atomic E-state index is -0.770. The zero-order chi connectivity index (χ0) is 27.7. The van der Waals surface area contributed by atoms with Crippen molar-refractivity contribution in [3.8, 4) is 0 Å². The third kappa shape index (κ3) is 4.93. The second-order valence-corrected chi connectivity index (χ2v) is 13.3. The number of likely N-dealkylation sites (tertiary alicyclic amines) is 1. The molecule has 0 saturated carbocycles. The smallest absolute Gasteiger partial charge is 0.311 e. The van der Waals surface area contributed by atoms with E-state index in [4.69, 9.17) is 9.47 Å². The van der Waals surface area contributed by atoms with Crippen molar-refractivity contribution in [1.29, 1.82) is 0 Å². The number of ether oxygens (including phenoxy) is 2. The van der Waals surface area contributed by atoms with Crippen LogP contribution in [0.15, 0.2) is 25.3 Å². The molecule has 2 amide bonds. The molecular formula is C28H43N3O6S. The third-order valence-corrected chi connectivity index (χ3v) is 10.8. The fourth-order valence-electron chi connectivity index (χ4n) is 6.92. The Balaban J connectivity index is 1.71. The van der Waals surface area contributed by atoms with Crippen LogP contribution in [0.3, 0.4) is 0 Å². The number of amides is 2. The molecule has 4 saturated heterocycles. The normalized spacial score (nSPS) is 33.3. The van der Waals surface area contributed by atoms with E-state index in [1.54, 1.807) is 27.6 Å². The summed E-state index contributed by atoms with van der Waals surface area (Å²) in [6, 6.07) is -1.30. The highest BCUT2D eigenvalue weighted by molar-refractivity contribution is 8.02. The molecule has 0 aromatic rings. The van der Waals surface area contributed by atoms with Crippen molar-refractivity contribution in [2.75, 3.05) is 59.2 Å². The molecule has 0 aromatic heterocycles. The Morgan fingerprint density at radius 3 is 2.58 bits per heavy atom. The molecule has 6 atom stereocenters. The first-order valence-electron chi connectivity index (χ1n) is 13.8. The lowest BCUT2D eigenvalue weighted by Crippen LogP contribution is -2.59. The van der Waals surface area contributed by atoms with Crippen molar-refractivity contribution >= 4 is 29.5 Å². The molecule has 38 heavy (non-hydrogen) atoms. The van der Waals surface area contributed by atoms with Gasteiger partial charge in [0.1, 0.15) is 12.6 Å². The van der Waals surface area contributed by atoms with Crippen LogP contribution in [0.1, 0.15) is 33.6 Å². The number of carbonyl (C=O) groups is 3. The largest absolute Gasteiger partial charge is 0.461 e. The van der Waals surface area contributed by atoms with Gasteiger partial charge in [-0.2, -0.15) is 0 Å². The maximum absolute atomic E-state index is 14.5. The highest BCUT2D eigenvalue weighted by Gasteiger charge is 2.78. The standard InChI is InChI=1S/C28H43N3O6S/c1-6-10-30(12-11-29-13-16-36-17-14-29)25(34)23-28-9-8-27(5,38-28)22(26(35)37-15-7-2)21(28)24(33)31(23)20(18-32)19(3)4/h6-7,19-23,32H,1-2,8-18H2,3-5H3/t20-,21-,22-,23?,27+,28?/m0/s1. The molecule has 10 heteroatoms. The second kappa shape index (κ2) is 11.7. The Morgan fingerprint density at radius 2 is 1.97 bits per heavy atom. The van der Waals surface area contributed by atoms with Gasteiger partial charge in [0.25, 0.3) is 0 Å².